The van der Waals surface area contributed by atoms with Crippen molar-refractivity contribution in [3.63, 3.8) is 0 Å². The van der Waals surface area contributed by atoms with Crippen LogP contribution in [0.15, 0.2) is 42.7 Å². The van der Waals surface area contributed by atoms with Gasteiger partial charge in [-0.2, -0.15) is 0 Å². The molecule has 6 heteroatoms. The topological polar surface area (TPSA) is 75.6 Å². The fraction of sp³-hybridized carbons (Fsp3) is 0.353. The van der Waals surface area contributed by atoms with Gasteiger partial charge in [0, 0.05) is 37.0 Å². The molecule has 118 valence electrons. The highest BCUT2D eigenvalue weighted by molar-refractivity contribution is 5.79. The van der Waals surface area contributed by atoms with Crippen LogP contribution < -0.4 is 4.90 Å². The first-order valence-corrected chi connectivity index (χ1v) is 7.63. The van der Waals surface area contributed by atoms with Crippen molar-refractivity contribution in [2.45, 2.75) is 0 Å². The Kier molecular flexibility index (Phi) is 3.27. The van der Waals surface area contributed by atoms with Gasteiger partial charge in [-0.05, 0) is 0 Å². The Balaban J connectivity index is 1.72. The molecule has 4 rings (SSSR count). The number of hydrogen-bond donors (Lipinski definition) is 1. The summed E-state index contributed by atoms with van der Waals surface area (Å²) in [6.07, 6.45) is 3.32. The van der Waals surface area contributed by atoms with E-state index >= 15 is 0 Å². The largest absolute Gasteiger partial charge is 0.481 e. The van der Waals surface area contributed by atoms with Crippen molar-refractivity contribution in [3.8, 4) is 11.3 Å². The summed E-state index contributed by atoms with van der Waals surface area (Å²) in [5.41, 5.74) is 0.939. The SMILES string of the molecule is O=C(O)[C@]12COC[C@H]1CN(c1nccnc1-c1ccccc1)C2. The van der Waals surface area contributed by atoms with E-state index < -0.39 is 11.4 Å². The minimum atomic E-state index is -0.828. The number of benzene rings is 1. The van der Waals surface area contributed by atoms with E-state index in [1.165, 1.54) is 0 Å². The number of carboxylic acid groups (broad SMARTS) is 1. The number of fused-ring (bicyclic) bond motifs is 1. The maximum atomic E-state index is 11.8. The van der Waals surface area contributed by atoms with Gasteiger partial charge in [0.1, 0.15) is 11.1 Å². The summed E-state index contributed by atoms with van der Waals surface area (Å²) < 4.78 is 5.43. The Morgan fingerprint density at radius 2 is 2.04 bits per heavy atom. The van der Waals surface area contributed by atoms with E-state index in [0.29, 0.717) is 19.7 Å². The van der Waals surface area contributed by atoms with Crippen molar-refractivity contribution in [2.75, 3.05) is 31.2 Å². The first-order chi connectivity index (χ1) is 11.2. The zero-order valence-corrected chi connectivity index (χ0v) is 12.6. The normalized spacial score (nSPS) is 26.3. The van der Waals surface area contributed by atoms with Crippen LogP contribution in [0.4, 0.5) is 5.82 Å². The van der Waals surface area contributed by atoms with Gasteiger partial charge in [-0.25, -0.2) is 4.98 Å². The highest BCUT2D eigenvalue weighted by Gasteiger charge is 2.56. The lowest BCUT2D eigenvalue weighted by Crippen LogP contribution is -2.39. The number of aromatic nitrogens is 2. The van der Waals surface area contributed by atoms with Gasteiger partial charge in [0.25, 0.3) is 0 Å². The van der Waals surface area contributed by atoms with Crippen molar-refractivity contribution in [1.82, 2.24) is 9.97 Å². The van der Waals surface area contributed by atoms with E-state index in [2.05, 4.69) is 9.97 Å². The fourth-order valence-electron chi connectivity index (χ4n) is 3.56. The molecule has 6 nitrogen and oxygen atoms in total. The van der Waals surface area contributed by atoms with Gasteiger partial charge in [0.2, 0.25) is 0 Å². The van der Waals surface area contributed by atoms with Crippen LogP contribution in [0, 0.1) is 11.3 Å². The third kappa shape index (κ3) is 2.17. The van der Waals surface area contributed by atoms with Crippen LogP contribution in [0.2, 0.25) is 0 Å². The molecule has 3 heterocycles. The predicted octanol–water partition coefficient (Wildman–Crippen LogP) is 1.68. The molecule has 0 radical (unpaired) electrons. The van der Waals surface area contributed by atoms with Crippen molar-refractivity contribution >= 4 is 11.8 Å². The van der Waals surface area contributed by atoms with Crippen molar-refractivity contribution in [1.29, 1.82) is 0 Å². The number of anilines is 1. The minimum absolute atomic E-state index is 0.00868. The number of hydrogen-bond acceptors (Lipinski definition) is 5. The van der Waals surface area contributed by atoms with Gasteiger partial charge in [-0.3, -0.25) is 9.78 Å². The number of carboxylic acids is 1. The maximum Gasteiger partial charge on any atom is 0.314 e. The van der Waals surface area contributed by atoms with Crippen LogP contribution in [0.5, 0.6) is 0 Å². The van der Waals surface area contributed by atoms with Crippen molar-refractivity contribution in [3.05, 3.63) is 42.7 Å². The van der Waals surface area contributed by atoms with Gasteiger partial charge in [-0.15, -0.1) is 0 Å². The van der Waals surface area contributed by atoms with Gasteiger partial charge in [0.05, 0.1) is 13.2 Å². The lowest BCUT2D eigenvalue weighted by Gasteiger charge is -2.23. The second-order valence-corrected chi connectivity index (χ2v) is 6.15. The molecular weight excluding hydrogens is 294 g/mol. The molecular formula is C17H17N3O3. The van der Waals surface area contributed by atoms with Crippen molar-refractivity contribution < 1.29 is 14.6 Å². The van der Waals surface area contributed by atoms with Gasteiger partial charge in [0.15, 0.2) is 5.82 Å². The summed E-state index contributed by atoms with van der Waals surface area (Å²) in [6, 6.07) is 9.84. The monoisotopic (exact) mass is 311 g/mol. The minimum Gasteiger partial charge on any atom is -0.481 e. The number of rotatable bonds is 3. The Bertz CT molecular complexity index is 737. The number of aliphatic carboxylic acids is 1. The third-order valence-electron chi connectivity index (χ3n) is 4.83. The van der Waals surface area contributed by atoms with E-state index in [-0.39, 0.29) is 12.5 Å². The van der Waals surface area contributed by atoms with Crippen LogP contribution >= 0.6 is 0 Å². The predicted molar refractivity (Wildman–Crippen MR) is 84.1 cm³/mol. The standard InChI is InChI=1S/C17H17N3O3/c21-16(22)17-10-20(8-13(17)9-23-11-17)15-14(18-6-7-19-15)12-4-2-1-3-5-12/h1-7,13H,8-11H2,(H,21,22)/t13-,17-/m1/s1. The summed E-state index contributed by atoms with van der Waals surface area (Å²) in [6.45, 7) is 1.80. The summed E-state index contributed by atoms with van der Waals surface area (Å²) >= 11 is 0. The van der Waals surface area contributed by atoms with E-state index in [9.17, 15) is 9.90 Å². The van der Waals surface area contributed by atoms with Crippen LogP contribution in [-0.2, 0) is 9.53 Å². The van der Waals surface area contributed by atoms with Crippen molar-refractivity contribution in [2.24, 2.45) is 11.3 Å². The second-order valence-electron chi connectivity index (χ2n) is 6.15. The van der Waals surface area contributed by atoms with Gasteiger partial charge >= 0.3 is 5.97 Å². The summed E-state index contributed by atoms with van der Waals surface area (Å²) in [7, 11) is 0. The second kappa shape index (κ2) is 5.31. The molecule has 0 amide bonds. The lowest BCUT2D eigenvalue weighted by atomic mass is 9.81. The summed E-state index contributed by atoms with van der Waals surface area (Å²) in [4.78, 5) is 22.8. The van der Waals surface area contributed by atoms with E-state index in [0.717, 1.165) is 17.1 Å². The number of nitrogens with zero attached hydrogens (tertiary/aromatic N) is 3. The molecule has 0 spiro atoms. The molecule has 0 bridgehead atoms. The molecule has 1 aromatic carbocycles. The van der Waals surface area contributed by atoms with E-state index in [4.69, 9.17) is 4.74 Å². The quantitative estimate of drug-likeness (QED) is 0.929. The summed E-state index contributed by atoms with van der Waals surface area (Å²) in [5.74, 6) is -0.0491. The maximum absolute atomic E-state index is 11.8. The van der Waals surface area contributed by atoms with Crippen LogP contribution in [0.25, 0.3) is 11.3 Å². The molecule has 0 aliphatic carbocycles. The molecule has 23 heavy (non-hydrogen) atoms. The Morgan fingerprint density at radius 1 is 1.26 bits per heavy atom. The Labute approximate surface area is 133 Å². The third-order valence-corrected chi connectivity index (χ3v) is 4.83. The molecule has 1 aromatic heterocycles. The average Bonchev–Trinajstić information content (AvgIpc) is 3.14. The Hall–Kier alpha value is -2.47. The van der Waals surface area contributed by atoms with E-state index in [1.807, 2.05) is 35.2 Å². The van der Waals surface area contributed by atoms with Gasteiger partial charge in [-0.1, -0.05) is 30.3 Å². The molecule has 0 unspecified atom stereocenters. The molecule has 2 saturated heterocycles. The Morgan fingerprint density at radius 3 is 2.78 bits per heavy atom. The van der Waals surface area contributed by atoms with Gasteiger partial charge < -0.3 is 14.7 Å². The van der Waals surface area contributed by atoms with Crippen LogP contribution in [0.3, 0.4) is 0 Å². The van der Waals surface area contributed by atoms with Crippen LogP contribution in [0.1, 0.15) is 0 Å². The smallest absolute Gasteiger partial charge is 0.314 e. The first-order valence-electron chi connectivity index (χ1n) is 7.63. The summed E-state index contributed by atoms with van der Waals surface area (Å²) in [5, 5.41) is 9.68. The highest BCUT2D eigenvalue weighted by Crippen LogP contribution is 2.44. The first kappa shape index (κ1) is 14.1. The highest BCUT2D eigenvalue weighted by atomic mass is 16.5. The molecule has 2 atom stereocenters. The zero-order chi connectivity index (χ0) is 15.9. The lowest BCUT2D eigenvalue weighted by molar-refractivity contribution is -0.149. The average molecular weight is 311 g/mol. The molecule has 2 aliphatic heterocycles. The van der Waals surface area contributed by atoms with E-state index in [1.54, 1.807) is 12.4 Å². The fourth-order valence-corrected chi connectivity index (χ4v) is 3.56. The number of ether oxygens (including phenoxy) is 1. The molecule has 1 N–H and O–H groups in total. The molecule has 2 aliphatic rings. The molecule has 2 fully saturated rings. The number of carbonyl (C=O) groups is 1. The molecule has 0 saturated carbocycles. The molecule has 2 aromatic rings. The zero-order valence-electron chi connectivity index (χ0n) is 12.6. The van der Waals surface area contributed by atoms with Crippen LogP contribution in [-0.4, -0.2) is 47.3 Å².